The van der Waals surface area contributed by atoms with E-state index in [-0.39, 0.29) is 17.9 Å². The Bertz CT molecular complexity index is 354. The van der Waals surface area contributed by atoms with Crippen molar-refractivity contribution in [1.29, 1.82) is 0 Å². The Morgan fingerprint density at radius 2 is 1.89 bits per heavy atom. The fourth-order valence-corrected chi connectivity index (χ4v) is 2.55. The van der Waals surface area contributed by atoms with E-state index in [0.717, 1.165) is 6.42 Å². The molecule has 1 N–H and O–H groups in total. The second-order valence-electron chi connectivity index (χ2n) is 5.20. The van der Waals surface area contributed by atoms with E-state index in [4.69, 9.17) is 5.11 Å². The Hall–Kier alpha value is -1.58. The topological polar surface area (TPSA) is 57.6 Å². The van der Waals surface area contributed by atoms with Gasteiger partial charge in [-0.05, 0) is 32.6 Å². The van der Waals surface area contributed by atoms with E-state index in [0.29, 0.717) is 25.8 Å². The van der Waals surface area contributed by atoms with Crippen LogP contribution in [0.1, 0.15) is 32.6 Å². The number of rotatable bonds is 6. The molecule has 0 aromatic rings. The van der Waals surface area contributed by atoms with Gasteiger partial charge in [0.25, 0.3) is 0 Å². The largest absolute Gasteiger partial charge is 0.481 e. The summed E-state index contributed by atoms with van der Waals surface area (Å²) in [6, 6.07) is 0.111. The zero-order valence-corrected chi connectivity index (χ0v) is 11.5. The Labute approximate surface area is 114 Å². The summed E-state index contributed by atoms with van der Waals surface area (Å²) in [5.74, 6) is -1.38. The van der Waals surface area contributed by atoms with Gasteiger partial charge in [0.1, 0.15) is 0 Å². The van der Waals surface area contributed by atoms with Gasteiger partial charge in [-0.15, -0.1) is 13.2 Å². The van der Waals surface area contributed by atoms with Crippen molar-refractivity contribution in [3.63, 3.8) is 0 Å². The summed E-state index contributed by atoms with van der Waals surface area (Å²) in [6.07, 6.45) is 6.06. The fourth-order valence-electron chi connectivity index (χ4n) is 2.55. The molecule has 19 heavy (non-hydrogen) atoms. The summed E-state index contributed by atoms with van der Waals surface area (Å²) < 4.78 is 0. The van der Waals surface area contributed by atoms with Crippen molar-refractivity contribution in [3.05, 3.63) is 25.3 Å². The number of allylic oxidation sites excluding steroid dienone is 2. The third kappa shape index (κ3) is 3.94. The second kappa shape index (κ2) is 7.12. The van der Waals surface area contributed by atoms with Gasteiger partial charge in [0, 0.05) is 18.5 Å². The van der Waals surface area contributed by atoms with Crippen molar-refractivity contribution in [3.8, 4) is 0 Å². The predicted molar refractivity (Wildman–Crippen MR) is 74.7 cm³/mol. The Kier molecular flexibility index (Phi) is 5.80. The normalized spacial score (nSPS) is 23.2. The lowest BCUT2D eigenvalue weighted by Gasteiger charge is -2.38. The molecule has 0 aromatic heterocycles. The van der Waals surface area contributed by atoms with Gasteiger partial charge in [0.2, 0.25) is 5.91 Å². The zero-order valence-electron chi connectivity index (χ0n) is 11.5. The molecule has 4 heteroatoms. The number of hydrogen-bond donors (Lipinski definition) is 1. The number of carboxylic acids is 1. The number of piperidine rings is 1. The number of carboxylic acid groups (broad SMARTS) is 1. The van der Waals surface area contributed by atoms with Crippen LogP contribution in [-0.2, 0) is 9.59 Å². The SMILES string of the molecule is C=CCC(CC=C)C(=O)N1CC(C(=O)O)CCC1C. The molecule has 2 atom stereocenters. The van der Waals surface area contributed by atoms with Crippen molar-refractivity contribution in [2.45, 2.75) is 38.6 Å². The Morgan fingerprint density at radius 3 is 2.37 bits per heavy atom. The summed E-state index contributed by atoms with van der Waals surface area (Å²) >= 11 is 0. The van der Waals surface area contributed by atoms with Crippen LogP contribution in [-0.4, -0.2) is 34.5 Å². The molecule has 1 fully saturated rings. The highest BCUT2D eigenvalue weighted by molar-refractivity contribution is 5.80. The van der Waals surface area contributed by atoms with E-state index in [9.17, 15) is 9.59 Å². The number of hydrogen-bond acceptors (Lipinski definition) is 2. The third-order valence-electron chi connectivity index (χ3n) is 3.77. The lowest BCUT2D eigenvalue weighted by Crippen LogP contribution is -2.49. The van der Waals surface area contributed by atoms with E-state index in [1.54, 1.807) is 17.1 Å². The minimum Gasteiger partial charge on any atom is -0.481 e. The number of amides is 1. The number of likely N-dealkylation sites (tertiary alicyclic amines) is 1. The second-order valence-corrected chi connectivity index (χ2v) is 5.20. The van der Waals surface area contributed by atoms with Gasteiger partial charge >= 0.3 is 5.97 Å². The first kappa shape index (κ1) is 15.5. The van der Waals surface area contributed by atoms with Crippen LogP contribution in [0.25, 0.3) is 0 Å². The maximum absolute atomic E-state index is 12.5. The third-order valence-corrected chi connectivity index (χ3v) is 3.77. The molecule has 4 nitrogen and oxygen atoms in total. The van der Waals surface area contributed by atoms with Crippen LogP contribution >= 0.6 is 0 Å². The maximum Gasteiger partial charge on any atom is 0.308 e. The number of carbonyl (C=O) groups is 2. The van der Waals surface area contributed by atoms with Crippen molar-refractivity contribution in [2.24, 2.45) is 11.8 Å². The summed E-state index contributed by atoms with van der Waals surface area (Å²) in [6.45, 7) is 9.65. The molecule has 1 heterocycles. The monoisotopic (exact) mass is 265 g/mol. The smallest absolute Gasteiger partial charge is 0.308 e. The lowest BCUT2D eigenvalue weighted by atomic mass is 9.90. The molecule has 1 saturated heterocycles. The maximum atomic E-state index is 12.5. The van der Waals surface area contributed by atoms with E-state index in [1.165, 1.54) is 0 Å². The lowest BCUT2D eigenvalue weighted by molar-refractivity contribution is -0.148. The molecule has 1 aliphatic rings. The molecule has 0 aliphatic carbocycles. The summed E-state index contributed by atoms with van der Waals surface area (Å²) in [7, 11) is 0. The van der Waals surface area contributed by atoms with Gasteiger partial charge in [0.05, 0.1) is 5.92 Å². The molecule has 2 unspecified atom stereocenters. The van der Waals surface area contributed by atoms with Crippen LogP contribution in [0, 0.1) is 11.8 Å². The number of aliphatic carboxylic acids is 1. The average molecular weight is 265 g/mol. The zero-order chi connectivity index (χ0) is 14.4. The van der Waals surface area contributed by atoms with Gasteiger partial charge in [-0.1, -0.05) is 12.2 Å². The average Bonchev–Trinajstić information content (AvgIpc) is 2.38. The van der Waals surface area contributed by atoms with Crippen molar-refractivity contribution < 1.29 is 14.7 Å². The quantitative estimate of drug-likeness (QED) is 0.751. The summed E-state index contributed by atoms with van der Waals surface area (Å²) in [5.41, 5.74) is 0. The van der Waals surface area contributed by atoms with Gasteiger partial charge in [-0.3, -0.25) is 9.59 Å². The minimum absolute atomic E-state index is 0.0262. The van der Waals surface area contributed by atoms with Crippen molar-refractivity contribution in [2.75, 3.05) is 6.54 Å². The van der Waals surface area contributed by atoms with Crippen LogP contribution in [0.5, 0.6) is 0 Å². The van der Waals surface area contributed by atoms with Crippen molar-refractivity contribution in [1.82, 2.24) is 4.90 Å². The van der Waals surface area contributed by atoms with Gasteiger partial charge < -0.3 is 10.0 Å². The molecular weight excluding hydrogens is 242 g/mol. The standard InChI is InChI=1S/C15H23NO3/c1-4-6-12(7-5-2)14(17)16-10-13(15(18)19)9-8-11(16)3/h4-5,11-13H,1-2,6-10H2,3H3,(H,18,19). The first-order valence-electron chi connectivity index (χ1n) is 6.76. The Balaban J connectivity index is 2.78. The highest BCUT2D eigenvalue weighted by atomic mass is 16.4. The molecule has 1 amide bonds. The van der Waals surface area contributed by atoms with E-state index in [2.05, 4.69) is 13.2 Å². The minimum atomic E-state index is -0.811. The van der Waals surface area contributed by atoms with E-state index < -0.39 is 11.9 Å². The molecule has 0 aromatic carbocycles. The molecule has 1 aliphatic heterocycles. The molecule has 0 bridgehead atoms. The molecule has 1 rings (SSSR count). The summed E-state index contributed by atoms with van der Waals surface area (Å²) in [5, 5.41) is 9.10. The highest BCUT2D eigenvalue weighted by Gasteiger charge is 2.34. The van der Waals surface area contributed by atoms with E-state index >= 15 is 0 Å². The van der Waals surface area contributed by atoms with Crippen LogP contribution in [0.2, 0.25) is 0 Å². The van der Waals surface area contributed by atoms with Crippen LogP contribution in [0.15, 0.2) is 25.3 Å². The molecule has 0 saturated carbocycles. The van der Waals surface area contributed by atoms with Crippen LogP contribution in [0.3, 0.4) is 0 Å². The Morgan fingerprint density at radius 1 is 1.32 bits per heavy atom. The van der Waals surface area contributed by atoms with E-state index in [1.807, 2.05) is 6.92 Å². The van der Waals surface area contributed by atoms with Crippen LogP contribution in [0.4, 0.5) is 0 Å². The summed E-state index contributed by atoms with van der Waals surface area (Å²) in [4.78, 5) is 25.3. The number of carbonyl (C=O) groups excluding carboxylic acids is 1. The van der Waals surface area contributed by atoms with Crippen molar-refractivity contribution >= 4 is 11.9 Å². The number of nitrogens with zero attached hydrogens (tertiary/aromatic N) is 1. The molecular formula is C15H23NO3. The molecule has 0 radical (unpaired) electrons. The van der Waals surface area contributed by atoms with Gasteiger partial charge in [-0.2, -0.15) is 0 Å². The first-order chi connectivity index (χ1) is 9.01. The fraction of sp³-hybridized carbons (Fsp3) is 0.600. The molecule has 0 spiro atoms. The van der Waals surface area contributed by atoms with Gasteiger partial charge in [-0.25, -0.2) is 0 Å². The molecule has 106 valence electrons. The highest BCUT2D eigenvalue weighted by Crippen LogP contribution is 2.25. The first-order valence-corrected chi connectivity index (χ1v) is 6.76. The van der Waals surface area contributed by atoms with Gasteiger partial charge in [0.15, 0.2) is 0 Å². The predicted octanol–water partition coefficient (Wildman–Crippen LogP) is 2.47. The van der Waals surface area contributed by atoms with Crippen LogP contribution < -0.4 is 0 Å².